The molecule has 0 spiro atoms. The lowest BCUT2D eigenvalue weighted by molar-refractivity contribution is -0.118. The number of nitrogens with zero attached hydrogens (tertiary/aromatic N) is 4. The van der Waals surface area contributed by atoms with Crippen LogP contribution in [0.2, 0.25) is 0 Å². The zero-order chi connectivity index (χ0) is 21.7. The molecular weight excluding hydrogens is 414 g/mol. The predicted molar refractivity (Wildman–Crippen MR) is 125 cm³/mol. The van der Waals surface area contributed by atoms with Gasteiger partial charge >= 0.3 is 0 Å². The first-order chi connectivity index (χ1) is 14.3. The van der Waals surface area contributed by atoms with Crippen LogP contribution in [0.15, 0.2) is 52.0 Å². The summed E-state index contributed by atoms with van der Waals surface area (Å²) in [6.07, 6.45) is 0. The van der Waals surface area contributed by atoms with Gasteiger partial charge in [-0.2, -0.15) is 5.10 Å². The molecule has 0 saturated heterocycles. The van der Waals surface area contributed by atoms with E-state index in [0.29, 0.717) is 0 Å². The lowest BCUT2D eigenvalue weighted by Gasteiger charge is -2.19. The Bertz CT molecular complexity index is 1010. The molecule has 0 aliphatic rings. The van der Waals surface area contributed by atoms with Gasteiger partial charge in [-0.25, -0.2) is 5.43 Å². The normalized spacial score (nSPS) is 12.2. The summed E-state index contributed by atoms with van der Waals surface area (Å²) >= 11 is 2.95. The molecule has 0 bridgehead atoms. The number of carbonyl (C=O) groups excluding carboxylic acids is 1. The zero-order valence-corrected chi connectivity index (χ0v) is 19.6. The smallest absolute Gasteiger partial charge is 0.250 e. The monoisotopic (exact) mass is 441 g/mol. The van der Waals surface area contributed by atoms with Crippen molar-refractivity contribution in [3.63, 3.8) is 0 Å². The highest BCUT2D eigenvalue weighted by atomic mass is 32.2. The molecule has 6 nitrogen and oxygen atoms in total. The van der Waals surface area contributed by atoms with Crippen molar-refractivity contribution in [2.75, 3.05) is 5.75 Å². The molecule has 2 heterocycles. The summed E-state index contributed by atoms with van der Waals surface area (Å²) in [6, 6.07) is 12.4. The standard InChI is InChI=1S/C22H27N5OS2/c1-6-27-20(16-9-11-17(12-10-16)22(3,4)5)25-26-21(27)30-14-19(28)24-23-15(2)18-8-7-13-29-18/h7-13H,6,14H2,1-5H3,(H,24,28). The number of aromatic nitrogens is 3. The van der Waals surface area contributed by atoms with E-state index in [1.54, 1.807) is 11.3 Å². The van der Waals surface area contributed by atoms with Gasteiger partial charge in [0.05, 0.1) is 11.5 Å². The van der Waals surface area contributed by atoms with Crippen molar-refractivity contribution < 1.29 is 4.79 Å². The molecular formula is C22H27N5OS2. The Balaban J connectivity index is 1.66. The molecule has 0 atom stereocenters. The van der Waals surface area contributed by atoms with Crippen LogP contribution in [0.3, 0.4) is 0 Å². The number of rotatable bonds is 7. The molecule has 3 rings (SSSR count). The molecule has 158 valence electrons. The lowest BCUT2D eigenvalue weighted by atomic mass is 9.87. The van der Waals surface area contributed by atoms with Gasteiger partial charge in [-0.15, -0.1) is 21.5 Å². The van der Waals surface area contributed by atoms with Gasteiger partial charge in [0.15, 0.2) is 11.0 Å². The zero-order valence-electron chi connectivity index (χ0n) is 18.0. The van der Waals surface area contributed by atoms with Gasteiger partial charge in [0, 0.05) is 17.0 Å². The number of thiophene rings is 1. The van der Waals surface area contributed by atoms with E-state index < -0.39 is 0 Å². The molecule has 30 heavy (non-hydrogen) atoms. The molecule has 1 N–H and O–H groups in total. The van der Waals surface area contributed by atoms with Gasteiger partial charge in [-0.1, -0.05) is 62.9 Å². The van der Waals surface area contributed by atoms with Crippen molar-refractivity contribution in [3.8, 4) is 11.4 Å². The maximum atomic E-state index is 12.2. The van der Waals surface area contributed by atoms with Crippen molar-refractivity contribution in [2.45, 2.75) is 51.7 Å². The van der Waals surface area contributed by atoms with Crippen molar-refractivity contribution >= 4 is 34.7 Å². The first kappa shape index (κ1) is 22.2. The fraction of sp³-hybridized carbons (Fsp3) is 0.364. The highest BCUT2D eigenvalue weighted by Crippen LogP contribution is 2.27. The maximum Gasteiger partial charge on any atom is 0.250 e. The van der Waals surface area contributed by atoms with E-state index in [-0.39, 0.29) is 17.1 Å². The molecule has 0 radical (unpaired) electrons. The molecule has 3 aromatic rings. The minimum atomic E-state index is -0.169. The minimum absolute atomic E-state index is 0.107. The summed E-state index contributed by atoms with van der Waals surface area (Å²) in [7, 11) is 0. The van der Waals surface area contributed by atoms with Crippen LogP contribution in [0.25, 0.3) is 11.4 Å². The Morgan fingerprint density at radius 2 is 1.93 bits per heavy atom. The Hall–Kier alpha value is -2.45. The molecule has 2 aromatic heterocycles. The van der Waals surface area contributed by atoms with Crippen molar-refractivity contribution in [1.82, 2.24) is 20.2 Å². The molecule has 0 aliphatic carbocycles. The number of carbonyl (C=O) groups is 1. The number of thioether (sulfide) groups is 1. The average molecular weight is 442 g/mol. The third-order valence-electron chi connectivity index (χ3n) is 4.60. The van der Waals surface area contributed by atoms with Gasteiger partial charge in [0.25, 0.3) is 5.91 Å². The van der Waals surface area contributed by atoms with Crippen LogP contribution in [0.4, 0.5) is 0 Å². The van der Waals surface area contributed by atoms with E-state index in [1.165, 1.54) is 17.3 Å². The number of hydrogen-bond acceptors (Lipinski definition) is 6. The fourth-order valence-electron chi connectivity index (χ4n) is 2.86. The Morgan fingerprint density at radius 1 is 1.20 bits per heavy atom. The van der Waals surface area contributed by atoms with Gasteiger partial charge in [0.1, 0.15) is 0 Å². The second-order valence-corrected chi connectivity index (χ2v) is 9.77. The third-order valence-corrected chi connectivity index (χ3v) is 6.55. The number of hydrogen-bond donors (Lipinski definition) is 1. The van der Waals surface area contributed by atoms with Crippen molar-refractivity contribution in [1.29, 1.82) is 0 Å². The highest BCUT2D eigenvalue weighted by molar-refractivity contribution is 7.99. The van der Waals surface area contributed by atoms with E-state index >= 15 is 0 Å². The van der Waals surface area contributed by atoms with E-state index in [2.05, 4.69) is 72.7 Å². The topological polar surface area (TPSA) is 72.2 Å². The van der Waals surface area contributed by atoms with E-state index in [4.69, 9.17) is 0 Å². The number of hydrazone groups is 1. The Morgan fingerprint density at radius 3 is 2.53 bits per heavy atom. The molecule has 0 saturated carbocycles. The summed E-state index contributed by atoms with van der Waals surface area (Å²) in [6.45, 7) is 11.2. The van der Waals surface area contributed by atoms with Crippen LogP contribution in [-0.4, -0.2) is 32.1 Å². The molecule has 8 heteroatoms. The van der Waals surface area contributed by atoms with Crippen molar-refractivity contribution in [3.05, 3.63) is 52.2 Å². The van der Waals surface area contributed by atoms with E-state index in [9.17, 15) is 4.79 Å². The number of benzene rings is 1. The first-order valence-corrected chi connectivity index (χ1v) is 11.7. The molecule has 0 aliphatic heterocycles. The largest absolute Gasteiger partial charge is 0.302 e. The van der Waals surface area contributed by atoms with Crippen molar-refractivity contribution in [2.24, 2.45) is 5.10 Å². The average Bonchev–Trinajstić information content (AvgIpc) is 3.39. The van der Waals surface area contributed by atoms with Crippen LogP contribution in [0.5, 0.6) is 0 Å². The van der Waals surface area contributed by atoms with Gasteiger partial charge in [-0.05, 0) is 36.3 Å². The summed E-state index contributed by atoms with van der Waals surface area (Å²) in [5, 5.41) is 15.6. The quantitative estimate of drug-likeness (QED) is 0.320. The van der Waals surface area contributed by atoms with E-state index in [1.807, 2.05) is 29.0 Å². The van der Waals surface area contributed by atoms with E-state index in [0.717, 1.165) is 33.7 Å². The second-order valence-electron chi connectivity index (χ2n) is 7.88. The van der Waals surface area contributed by atoms with Gasteiger partial charge in [-0.3, -0.25) is 4.79 Å². The van der Waals surface area contributed by atoms with Crippen LogP contribution < -0.4 is 5.43 Å². The Labute approximate surface area is 185 Å². The molecule has 1 amide bonds. The molecule has 0 unspecified atom stereocenters. The van der Waals surface area contributed by atoms with Gasteiger partial charge in [0.2, 0.25) is 0 Å². The van der Waals surface area contributed by atoms with Crippen LogP contribution in [0, 0.1) is 0 Å². The first-order valence-electron chi connectivity index (χ1n) is 9.83. The summed E-state index contributed by atoms with van der Waals surface area (Å²) in [5.41, 5.74) is 5.81. The third kappa shape index (κ3) is 5.37. The van der Waals surface area contributed by atoms with Crippen LogP contribution in [-0.2, 0) is 16.8 Å². The second kappa shape index (κ2) is 9.57. The van der Waals surface area contributed by atoms with Crippen LogP contribution >= 0.6 is 23.1 Å². The summed E-state index contributed by atoms with van der Waals surface area (Å²) in [4.78, 5) is 13.2. The molecule has 0 fully saturated rings. The number of nitrogens with one attached hydrogen (secondary N) is 1. The molecule has 1 aromatic carbocycles. The summed E-state index contributed by atoms with van der Waals surface area (Å²) < 4.78 is 2.03. The number of amides is 1. The predicted octanol–water partition coefficient (Wildman–Crippen LogP) is 4.96. The Kier molecular flexibility index (Phi) is 7.10. The SMILES string of the molecule is CCn1c(SCC(=O)NN=C(C)c2cccs2)nnc1-c1ccc(C(C)(C)C)cc1. The lowest BCUT2D eigenvalue weighted by Crippen LogP contribution is -2.21. The summed E-state index contributed by atoms with van der Waals surface area (Å²) in [5.74, 6) is 0.868. The maximum absolute atomic E-state index is 12.2. The van der Waals surface area contributed by atoms with Gasteiger partial charge < -0.3 is 4.57 Å². The minimum Gasteiger partial charge on any atom is -0.302 e. The fourth-order valence-corrected chi connectivity index (χ4v) is 4.33. The highest BCUT2D eigenvalue weighted by Gasteiger charge is 2.17. The van der Waals surface area contributed by atoms with Crippen LogP contribution in [0.1, 0.15) is 45.1 Å².